The summed E-state index contributed by atoms with van der Waals surface area (Å²) in [5.41, 5.74) is 4.14. The summed E-state index contributed by atoms with van der Waals surface area (Å²) < 4.78 is 19.0. The molecule has 2 aliphatic heterocycles. The molecule has 2 aromatic heterocycles. The first-order chi connectivity index (χ1) is 15.7. The molecule has 5 rings (SSSR count). The van der Waals surface area contributed by atoms with Gasteiger partial charge in [0.2, 0.25) is 5.88 Å². The van der Waals surface area contributed by atoms with Crippen molar-refractivity contribution in [2.75, 3.05) is 31.6 Å². The number of aromatic nitrogens is 3. The minimum Gasteiger partial charge on any atom is -0.494 e. The van der Waals surface area contributed by atoms with Crippen molar-refractivity contribution < 1.29 is 19.0 Å². The van der Waals surface area contributed by atoms with Crippen LogP contribution in [-0.4, -0.2) is 57.8 Å². The number of anilines is 1. The summed E-state index contributed by atoms with van der Waals surface area (Å²) in [7, 11) is 0. The first kappa shape index (κ1) is 20.3. The lowest BCUT2D eigenvalue weighted by molar-refractivity contribution is -0.136. The third kappa shape index (κ3) is 3.75. The standard InChI is InChI=1S/C23H25N5O4/c1-3-30-18-10-15-9-16(11-18)24-6-8-27-17(12-20(23(27)29)31-4-2)14-32-21-5-7-28-22(26-21)19(15)13-25-28/h5,7,9-11,13-14,20,24H,3-4,6,8,12H2,1-2H3/b17-14+/t20-/m1/s1. The zero-order valence-corrected chi connectivity index (χ0v) is 18.1. The molecule has 4 bridgehead atoms. The molecular formula is C23H25N5O4. The second kappa shape index (κ2) is 8.51. The smallest absolute Gasteiger partial charge is 0.256 e. The molecular weight excluding hydrogens is 410 g/mol. The normalized spacial score (nSPS) is 19.7. The Kier molecular flexibility index (Phi) is 5.40. The lowest BCUT2D eigenvalue weighted by atomic mass is 10.1. The van der Waals surface area contributed by atoms with Crippen molar-refractivity contribution >= 4 is 17.2 Å². The van der Waals surface area contributed by atoms with Gasteiger partial charge in [-0.05, 0) is 31.5 Å². The number of hydrogen-bond donors (Lipinski definition) is 1. The number of carbonyl (C=O) groups excluding carboxylic acids is 1. The molecule has 0 unspecified atom stereocenters. The van der Waals surface area contributed by atoms with E-state index in [4.69, 9.17) is 14.2 Å². The van der Waals surface area contributed by atoms with Gasteiger partial charge in [-0.2, -0.15) is 10.1 Å². The Morgan fingerprint density at radius 3 is 3.00 bits per heavy atom. The van der Waals surface area contributed by atoms with Crippen LogP contribution < -0.4 is 14.8 Å². The fourth-order valence-electron chi connectivity index (χ4n) is 4.07. The van der Waals surface area contributed by atoms with E-state index >= 15 is 0 Å². The van der Waals surface area contributed by atoms with Gasteiger partial charge in [0.05, 0.1) is 18.5 Å². The zero-order chi connectivity index (χ0) is 22.1. The van der Waals surface area contributed by atoms with Crippen LogP contribution in [0.1, 0.15) is 20.3 Å². The van der Waals surface area contributed by atoms with E-state index in [1.165, 1.54) is 0 Å². The average Bonchev–Trinajstić information content (AvgIpc) is 3.34. The Balaban J connectivity index is 1.59. The molecule has 0 aliphatic carbocycles. The Bertz CT molecular complexity index is 1190. The van der Waals surface area contributed by atoms with E-state index in [1.807, 2.05) is 32.0 Å². The van der Waals surface area contributed by atoms with Crippen LogP contribution in [0.3, 0.4) is 0 Å². The molecule has 0 radical (unpaired) electrons. The fraction of sp³-hybridized carbons (Fsp3) is 0.348. The van der Waals surface area contributed by atoms with Gasteiger partial charge in [0.25, 0.3) is 5.91 Å². The SMILES string of the molecule is CCOc1cc2cc(c1)-c1cnn3ccc(nc13)O/C=C1\C[C@@H](OCC)C(=O)N1CCN2. The molecule has 1 N–H and O–H groups in total. The fourth-order valence-corrected chi connectivity index (χ4v) is 4.07. The van der Waals surface area contributed by atoms with E-state index in [9.17, 15) is 4.79 Å². The van der Waals surface area contributed by atoms with Crippen molar-refractivity contribution in [3.8, 4) is 22.8 Å². The molecule has 1 saturated heterocycles. The quantitative estimate of drug-likeness (QED) is 0.674. The van der Waals surface area contributed by atoms with Crippen LogP contribution in [0.4, 0.5) is 5.69 Å². The number of nitrogens with one attached hydrogen (secondary N) is 1. The van der Waals surface area contributed by atoms with Gasteiger partial charge in [-0.1, -0.05) is 0 Å². The van der Waals surface area contributed by atoms with E-state index in [2.05, 4.69) is 15.4 Å². The summed E-state index contributed by atoms with van der Waals surface area (Å²) in [6, 6.07) is 7.71. The lowest BCUT2D eigenvalue weighted by Gasteiger charge is -2.19. The van der Waals surface area contributed by atoms with E-state index in [1.54, 1.807) is 34.1 Å². The molecule has 9 heteroatoms. The molecule has 1 amide bonds. The predicted octanol–water partition coefficient (Wildman–Crippen LogP) is 3.08. The summed E-state index contributed by atoms with van der Waals surface area (Å²) in [5.74, 6) is 1.12. The zero-order valence-electron chi connectivity index (χ0n) is 18.1. The Morgan fingerprint density at radius 2 is 2.16 bits per heavy atom. The highest BCUT2D eigenvalue weighted by Crippen LogP contribution is 2.32. The molecule has 1 atom stereocenters. The van der Waals surface area contributed by atoms with Gasteiger partial charge in [-0.3, -0.25) is 4.79 Å². The second-order valence-electron chi connectivity index (χ2n) is 7.56. The average molecular weight is 435 g/mol. The third-order valence-corrected chi connectivity index (χ3v) is 5.50. The molecule has 0 spiro atoms. The molecule has 9 nitrogen and oxygen atoms in total. The van der Waals surface area contributed by atoms with Crippen molar-refractivity contribution in [3.05, 3.63) is 48.6 Å². The van der Waals surface area contributed by atoms with Gasteiger partial charge >= 0.3 is 0 Å². The maximum atomic E-state index is 12.9. The van der Waals surface area contributed by atoms with Gasteiger partial charge in [0.15, 0.2) is 5.65 Å². The number of rotatable bonds is 4. The number of hydrogen-bond acceptors (Lipinski definition) is 7. The van der Waals surface area contributed by atoms with Crippen molar-refractivity contribution in [2.24, 2.45) is 0 Å². The Morgan fingerprint density at radius 1 is 1.25 bits per heavy atom. The number of amides is 1. The number of ether oxygens (including phenoxy) is 3. The molecule has 32 heavy (non-hydrogen) atoms. The number of benzene rings is 1. The highest BCUT2D eigenvalue weighted by atomic mass is 16.5. The van der Waals surface area contributed by atoms with Crippen molar-refractivity contribution in [3.63, 3.8) is 0 Å². The molecule has 4 heterocycles. The van der Waals surface area contributed by atoms with Crippen molar-refractivity contribution in [1.82, 2.24) is 19.5 Å². The second-order valence-corrected chi connectivity index (χ2v) is 7.56. The monoisotopic (exact) mass is 435 g/mol. The highest BCUT2D eigenvalue weighted by molar-refractivity contribution is 5.86. The molecule has 1 fully saturated rings. The van der Waals surface area contributed by atoms with Crippen LogP contribution in [0.15, 0.2) is 48.6 Å². The van der Waals surface area contributed by atoms with Crippen LogP contribution in [0, 0.1) is 0 Å². The van der Waals surface area contributed by atoms with Crippen LogP contribution in [0.5, 0.6) is 11.6 Å². The summed E-state index contributed by atoms with van der Waals surface area (Å²) in [4.78, 5) is 19.3. The topological polar surface area (TPSA) is 90.2 Å². The van der Waals surface area contributed by atoms with E-state index in [0.29, 0.717) is 44.3 Å². The van der Waals surface area contributed by atoms with Gasteiger partial charge in [0.1, 0.15) is 18.1 Å². The van der Waals surface area contributed by atoms with Gasteiger partial charge in [-0.15, -0.1) is 0 Å². The van der Waals surface area contributed by atoms with Crippen LogP contribution >= 0.6 is 0 Å². The van der Waals surface area contributed by atoms with Gasteiger partial charge < -0.3 is 24.4 Å². The third-order valence-electron chi connectivity index (χ3n) is 5.50. The summed E-state index contributed by atoms with van der Waals surface area (Å²) >= 11 is 0. The molecule has 166 valence electrons. The van der Waals surface area contributed by atoms with Crippen LogP contribution in [0.2, 0.25) is 0 Å². The van der Waals surface area contributed by atoms with E-state index < -0.39 is 6.10 Å². The predicted molar refractivity (Wildman–Crippen MR) is 119 cm³/mol. The summed E-state index contributed by atoms with van der Waals surface area (Å²) in [6.07, 6.45) is 5.17. The minimum absolute atomic E-state index is 0.0548. The molecule has 3 aromatic rings. The van der Waals surface area contributed by atoms with Crippen molar-refractivity contribution in [1.29, 1.82) is 0 Å². The first-order valence-electron chi connectivity index (χ1n) is 10.8. The maximum Gasteiger partial charge on any atom is 0.256 e. The number of nitrogens with zero attached hydrogens (tertiary/aromatic N) is 4. The summed E-state index contributed by atoms with van der Waals surface area (Å²) in [5, 5.41) is 7.84. The molecule has 2 aliphatic rings. The summed E-state index contributed by atoms with van der Waals surface area (Å²) in [6.45, 7) is 5.92. The van der Waals surface area contributed by atoms with E-state index in [-0.39, 0.29) is 5.91 Å². The minimum atomic E-state index is -0.490. The highest BCUT2D eigenvalue weighted by Gasteiger charge is 2.36. The van der Waals surface area contributed by atoms with Gasteiger partial charge in [-0.25, -0.2) is 4.52 Å². The molecule has 1 aromatic carbocycles. The number of carbonyl (C=O) groups is 1. The maximum absolute atomic E-state index is 12.9. The van der Waals surface area contributed by atoms with E-state index in [0.717, 1.165) is 28.3 Å². The number of fused-ring (bicyclic) bond motifs is 5. The first-order valence-corrected chi connectivity index (χ1v) is 10.8. The van der Waals surface area contributed by atoms with Crippen LogP contribution in [-0.2, 0) is 9.53 Å². The van der Waals surface area contributed by atoms with Crippen molar-refractivity contribution in [2.45, 2.75) is 26.4 Å². The Hall–Kier alpha value is -3.59. The molecule has 0 saturated carbocycles. The lowest BCUT2D eigenvalue weighted by Crippen LogP contribution is -2.33. The van der Waals surface area contributed by atoms with Crippen LogP contribution in [0.25, 0.3) is 16.8 Å². The Labute approximate surface area is 185 Å². The van der Waals surface area contributed by atoms with Gasteiger partial charge in [0, 0.05) is 55.7 Å². The largest absolute Gasteiger partial charge is 0.494 e.